The maximum Gasteiger partial charge on any atom is 0.340 e. The van der Waals surface area contributed by atoms with Gasteiger partial charge in [0.1, 0.15) is 18.3 Å². The van der Waals surface area contributed by atoms with Crippen LogP contribution in [0.1, 0.15) is 6.23 Å². The van der Waals surface area contributed by atoms with Crippen LogP contribution in [-0.2, 0) is 18.4 Å². The minimum absolute atomic E-state index is 0.0791. The zero-order valence-electron chi connectivity index (χ0n) is 20.0. The third-order valence-corrected chi connectivity index (χ3v) is 9.66. The Labute approximate surface area is 229 Å². The molecule has 8 N–H and O–H groups in total. The molecule has 2 aromatic carbocycles. The van der Waals surface area contributed by atoms with Gasteiger partial charge in [-0.3, -0.25) is 13.7 Å². The number of aromatic hydroxyl groups is 2. The molecule has 1 fully saturated rings. The van der Waals surface area contributed by atoms with E-state index in [4.69, 9.17) is 30.6 Å². The molecule has 40 heavy (non-hydrogen) atoms. The van der Waals surface area contributed by atoms with Crippen molar-refractivity contribution in [3.8, 4) is 11.5 Å². The smallest absolute Gasteiger partial charge is 0.340 e. The van der Waals surface area contributed by atoms with Crippen molar-refractivity contribution < 1.29 is 53.5 Å². The number of halogens is 1. The number of phenols is 2. The molecular weight excluding hydrogens is 596 g/mol. The maximum atomic E-state index is 12.0. The Morgan fingerprint density at radius 1 is 1.07 bits per heavy atom. The van der Waals surface area contributed by atoms with Crippen molar-refractivity contribution in [1.82, 2.24) is 19.5 Å². The van der Waals surface area contributed by atoms with Crippen molar-refractivity contribution in [2.75, 3.05) is 17.8 Å². The second-order valence-electron chi connectivity index (χ2n) is 8.94. The minimum Gasteiger partial charge on any atom is -0.504 e. The maximum absolute atomic E-state index is 12.0. The lowest BCUT2D eigenvalue weighted by atomic mass is 10.1. The van der Waals surface area contributed by atoms with Crippen LogP contribution >= 0.6 is 26.8 Å². The Bertz CT molecular complexity index is 1700. The molecule has 2 aromatic heterocycles. The van der Waals surface area contributed by atoms with Crippen LogP contribution in [0.4, 0.5) is 11.5 Å². The lowest BCUT2D eigenvalue weighted by molar-refractivity contribution is -0.0483. The number of nitrogens with zero attached hydrogens (tertiary/aromatic N) is 4. The first-order valence-corrected chi connectivity index (χ1v) is 15.3. The van der Waals surface area contributed by atoms with Gasteiger partial charge in [-0.2, -0.15) is 9.97 Å². The predicted octanol–water partition coefficient (Wildman–Crippen LogP) is 1.74. The van der Waals surface area contributed by atoms with E-state index in [9.17, 15) is 34.4 Å². The molecule has 0 saturated carbocycles. The standard InChI is InChI=1S/C21H22ClN5O11P2/c22-21-25-18(24-11-3-1-2-9-4-12(28)13(29)5-10(9)11)15-19(26-21)27(7-23-15)20-17(31)16(30)14(38-20)6-37-40(35,36)8-39(32,33)34/h1-5,7,14,16-17,20,28-31H,6,8H2,(H,35,36)(H,24,25,26)(H2,32,33,34)/t14-,16+,17?,20-/m1/s1. The van der Waals surface area contributed by atoms with Crippen LogP contribution in [0.2, 0.25) is 5.28 Å². The lowest BCUT2D eigenvalue weighted by Crippen LogP contribution is -2.33. The molecule has 4 aromatic rings. The molecule has 2 unspecified atom stereocenters. The van der Waals surface area contributed by atoms with Crippen LogP contribution in [0.3, 0.4) is 0 Å². The van der Waals surface area contributed by atoms with Gasteiger partial charge in [-0.15, -0.1) is 0 Å². The summed E-state index contributed by atoms with van der Waals surface area (Å²) in [6.07, 6.45) is -4.64. The number of hydrogen-bond donors (Lipinski definition) is 8. The third-order valence-electron chi connectivity index (χ3n) is 6.04. The van der Waals surface area contributed by atoms with Gasteiger partial charge in [-0.05, 0) is 35.2 Å². The number of aliphatic hydroxyl groups is 2. The van der Waals surface area contributed by atoms with Gasteiger partial charge in [-0.1, -0.05) is 12.1 Å². The zero-order valence-corrected chi connectivity index (χ0v) is 22.6. The number of anilines is 2. The number of fused-ring (bicyclic) bond motifs is 2. The number of nitrogens with one attached hydrogen (secondary N) is 1. The first-order chi connectivity index (χ1) is 18.7. The molecule has 1 saturated heterocycles. The number of hydrogen-bond acceptors (Lipinski definition) is 12. The van der Waals surface area contributed by atoms with E-state index in [0.29, 0.717) is 16.5 Å². The van der Waals surface area contributed by atoms with Gasteiger partial charge in [0.05, 0.1) is 12.9 Å². The largest absolute Gasteiger partial charge is 0.504 e. The Morgan fingerprint density at radius 2 is 1.80 bits per heavy atom. The summed E-state index contributed by atoms with van der Waals surface area (Å²) in [4.78, 5) is 40.2. The molecular formula is C21H22ClN5O11P2. The van der Waals surface area contributed by atoms with Crippen LogP contribution < -0.4 is 5.32 Å². The monoisotopic (exact) mass is 617 g/mol. The predicted molar refractivity (Wildman–Crippen MR) is 140 cm³/mol. The summed E-state index contributed by atoms with van der Waals surface area (Å²) >= 11 is 6.16. The van der Waals surface area contributed by atoms with E-state index in [-0.39, 0.29) is 33.8 Å². The van der Waals surface area contributed by atoms with Crippen molar-refractivity contribution in [2.24, 2.45) is 0 Å². The van der Waals surface area contributed by atoms with Crippen LogP contribution in [0.25, 0.3) is 21.9 Å². The molecule has 1 aliphatic rings. The third kappa shape index (κ3) is 5.78. The summed E-state index contributed by atoms with van der Waals surface area (Å²) in [6.45, 7) is -0.763. The molecule has 1 aliphatic heterocycles. The molecule has 16 nitrogen and oxygen atoms in total. The highest BCUT2D eigenvalue weighted by atomic mass is 35.5. The number of rotatable bonds is 8. The average Bonchev–Trinajstić information content (AvgIpc) is 3.38. The first kappa shape index (κ1) is 28.6. The summed E-state index contributed by atoms with van der Waals surface area (Å²) < 4.78 is 34.6. The minimum atomic E-state index is -4.87. The van der Waals surface area contributed by atoms with Gasteiger partial charge in [0.15, 0.2) is 40.6 Å². The molecule has 214 valence electrons. The SMILES string of the molecule is O=P(O)(O)CP(=O)(O)OC[C@H]1O[C@@H](n2cnc3c(Nc4cccc5cc(O)c(O)cc45)nc(Cl)nc32)C(O)[C@H]1O. The molecule has 19 heteroatoms. The summed E-state index contributed by atoms with van der Waals surface area (Å²) in [5.41, 5.74) is 0.734. The van der Waals surface area contributed by atoms with Crippen molar-refractivity contribution in [3.63, 3.8) is 0 Å². The van der Waals surface area contributed by atoms with Gasteiger partial charge in [0.2, 0.25) is 5.28 Å². The number of aromatic nitrogens is 4. The first-order valence-electron chi connectivity index (χ1n) is 11.4. The van der Waals surface area contributed by atoms with Crippen molar-refractivity contribution >= 4 is 60.2 Å². The summed E-state index contributed by atoms with van der Waals surface area (Å²) in [7, 11) is -9.60. The number of aliphatic hydroxyl groups excluding tert-OH is 2. The zero-order chi connectivity index (χ0) is 29.0. The van der Waals surface area contributed by atoms with Crippen LogP contribution in [0.5, 0.6) is 11.5 Å². The lowest BCUT2D eigenvalue weighted by Gasteiger charge is -2.18. The summed E-state index contributed by atoms with van der Waals surface area (Å²) in [6, 6.07) is 7.87. The van der Waals surface area contributed by atoms with Gasteiger partial charge >= 0.3 is 15.2 Å². The Kier molecular flexibility index (Phi) is 7.52. The fourth-order valence-electron chi connectivity index (χ4n) is 4.26. The molecule has 0 bridgehead atoms. The number of benzene rings is 2. The average molecular weight is 618 g/mol. The van der Waals surface area contributed by atoms with Crippen LogP contribution in [0.15, 0.2) is 36.7 Å². The van der Waals surface area contributed by atoms with E-state index in [2.05, 4.69) is 20.3 Å². The second-order valence-corrected chi connectivity index (χ2v) is 13.3. The molecule has 0 spiro atoms. The van der Waals surface area contributed by atoms with Gasteiger partial charge in [0, 0.05) is 11.1 Å². The van der Waals surface area contributed by atoms with E-state index < -0.39 is 52.2 Å². The molecule has 5 atom stereocenters. The molecule has 5 rings (SSSR count). The van der Waals surface area contributed by atoms with Crippen LogP contribution in [-0.4, -0.2) is 85.4 Å². The quantitative estimate of drug-likeness (QED) is 0.0796. The summed E-state index contributed by atoms with van der Waals surface area (Å²) in [5.74, 6) is -1.91. The van der Waals surface area contributed by atoms with E-state index in [1.54, 1.807) is 18.2 Å². The Morgan fingerprint density at radius 3 is 2.52 bits per heavy atom. The highest BCUT2D eigenvalue weighted by Crippen LogP contribution is 2.55. The fourth-order valence-corrected chi connectivity index (χ4v) is 7.00. The van der Waals surface area contributed by atoms with E-state index in [0.717, 1.165) is 0 Å². The fraction of sp³-hybridized carbons (Fsp3) is 0.286. The number of ether oxygens (including phenoxy) is 1. The molecule has 3 heterocycles. The number of imidazole rings is 1. The second kappa shape index (κ2) is 10.5. The van der Waals surface area contributed by atoms with Crippen molar-refractivity contribution in [2.45, 2.75) is 24.5 Å². The van der Waals surface area contributed by atoms with E-state index >= 15 is 0 Å². The molecule has 0 aliphatic carbocycles. The highest BCUT2D eigenvalue weighted by Gasteiger charge is 2.45. The molecule has 0 amide bonds. The summed E-state index contributed by atoms with van der Waals surface area (Å²) in [5, 5.41) is 44.9. The Balaban J connectivity index is 1.43. The topological polar surface area (TPSA) is 250 Å². The number of phenolic OH excluding ortho intramolecular Hbond substituents is 2. The van der Waals surface area contributed by atoms with Crippen molar-refractivity contribution in [1.29, 1.82) is 0 Å². The normalized spacial score (nSPS) is 23.1. The van der Waals surface area contributed by atoms with Crippen molar-refractivity contribution in [3.05, 3.63) is 41.9 Å². The van der Waals surface area contributed by atoms with E-state index in [1.807, 2.05) is 0 Å². The van der Waals surface area contributed by atoms with Gasteiger partial charge in [-0.25, -0.2) is 4.98 Å². The highest BCUT2D eigenvalue weighted by molar-refractivity contribution is 7.70. The molecule has 0 radical (unpaired) electrons. The van der Waals surface area contributed by atoms with Gasteiger partial charge in [0.25, 0.3) is 0 Å². The van der Waals surface area contributed by atoms with Gasteiger partial charge < -0.3 is 49.7 Å². The Hall–Kier alpha value is -2.88. The van der Waals surface area contributed by atoms with Crippen LogP contribution in [0, 0.1) is 0 Å². The van der Waals surface area contributed by atoms with E-state index in [1.165, 1.54) is 23.0 Å².